The highest BCUT2D eigenvalue weighted by molar-refractivity contribution is 5.78. The van der Waals surface area contributed by atoms with Crippen molar-refractivity contribution in [2.75, 3.05) is 33.4 Å². The van der Waals surface area contributed by atoms with Gasteiger partial charge in [-0.25, -0.2) is 0 Å². The van der Waals surface area contributed by atoms with Crippen molar-refractivity contribution in [2.45, 2.75) is 44.6 Å². The maximum Gasteiger partial charge on any atom is 0.225 e. The van der Waals surface area contributed by atoms with E-state index in [0.29, 0.717) is 17.9 Å². The summed E-state index contributed by atoms with van der Waals surface area (Å²) in [4.78, 5) is 14.2. The topological polar surface area (TPSA) is 41.6 Å². The van der Waals surface area contributed by atoms with Gasteiger partial charge in [0.25, 0.3) is 0 Å². The number of morpholine rings is 1. The third kappa shape index (κ3) is 3.95. The van der Waals surface area contributed by atoms with Crippen LogP contribution in [0.2, 0.25) is 0 Å². The summed E-state index contributed by atoms with van der Waals surface area (Å²) >= 11 is 0. The Kier molecular flexibility index (Phi) is 5.45. The molecule has 1 atom stereocenters. The minimum absolute atomic E-state index is 0.291. The van der Waals surface area contributed by atoms with Crippen molar-refractivity contribution in [1.82, 2.24) is 10.2 Å². The van der Waals surface area contributed by atoms with Crippen molar-refractivity contribution >= 4 is 5.91 Å². The third-order valence-corrected chi connectivity index (χ3v) is 4.14. The monoisotopic (exact) mass is 254 g/mol. The van der Waals surface area contributed by atoms with Crippen LogP contribution in [0.5, 0.6) is 0 Å². The molecule has 18 heavy (non-hydrogen) atoms. The van der Waals surface area contributed by atoms with E-state index in [1.807, 2.05) is 11.9 Å². The lowest BCUT2D eigenvalue weighted by atomic mass is 9.88. The van der Waals surface area contributed by atoms with Crippen LogP contribution < -0.4 is 5.32 Å². The third-order valence-electron chi connectivity index (χ3n) is 4.14. The van der Waals surface area contributed by atoms with Gasteiger partial charge in [0.1, 0.15) is 0 Å². The average molecular weight is 254 g/mol. The Hall–Kier alpha value is -0.610. The van der Waals surface area contributed by atoms with Gasteiger partial charge in [-0.15, -0.1) is 0 Å². The number of hydrogen-bond acceptors (Lipinski definition) is 3. The summed E-state index contributed by atoms with van der Waals surface area (Å²) in [6, 6.07) is 0.417. The van der Waals surface area contributed by atoms with E-state index in [-0.39, 0.29) is 0 Å². The first-order chi connectivity index (χ1) is 8.77. The molecule has 0 radical (unpaired) electrons. The minimum atomic E-state index is 0.291. The van der Waals surface area contributed by atoms with Crippen LogP contribution >= 0.6 is 0 Å². The second-order valence-electron chi connectivity index (χ2n) is 5.61. The van der Waals surface area contributed by atoms with Crippen LogP contribution in [-0.2, 0) is 9.53 Å². The Bertz CT molecular complexity index is 259. The molecule has 1 amide bonds. The van der Waals surface area contributed by atoms with Crippen LogP contribution in [0.25, 0.3) is 0 Å². The van der Waals surface area contributed by atoms with Gasteiger partial charge in [-0.3, -0.25) is 4.79 Å². The molecule has 0 spiro atoms. The molecule has 0 aromatic carbocycles. The summed E-state index contributed by atoms with van der Waals surface area (Å²) < 4.78 is 5.43. The van der Waals surface area contributed by atoms with E-state index in [0.717, 1.165) is 45.6 Å². The van der Waals surface area contributed by atoms with E-state index < -0.39 is 0 Å². The second-order valence-corrected chi connectivity index (χ2v) is 5.61. The fraction of sp³-hybridized carbons (Fsp3) is 0.929. The minimum Gasteiger partial charge on any atom is -0.379 e. The highest BCUT2D eigenvalue weighted by Crippen LogP contribution is 2.25. The van der Waals surface area contributed by atoms with Crippen molar-refractivity contribution in [3.8, 4) is 0 Å². The Morgan fingerprint density at radius 3 is 2.78 bits per heavy atom. The molecule has 2 aliphatic rings. The molecule has 4 nitrogen and oxygen atoms in total. The molecule has 0 bridgehead atoms. The lowest BCUT2D eigenvalue weighted by Crippen LogP contribution is -2.44. The molecule has 1 aliphatic heterocycles. The zero-order chi connectivity index (χ0) is 12.8. The molecule has 1 heterocycles. The predicted molar refractivity (Wildman–Crippen MR) is 71.4 cm³/mol. The second kappa shape index (κ2) is 7.10. The maximum atomic E-state index is 12.2. The summed E-state index contributed by atoms with van der Waals surface area (Å²) in [5.74, 6) is 0.644. The summed E-state index contributed by atoms with van der Waals surface area (Å²) in [6.07, 6.45) is 6.93. The Morgan fingerprint density at radius 1 is 1.33 bits per heavy atom. The van der Waals surface area contributed by atoms with Gasteiger partial charge in [0.05, 0.1) is 13.2 Å². The standard InChI is InChI=1S/C14H26N2O2/c1-16(9-7-13-11-18-10-8-15-13)14(17)12-5-3-2-4-6-12/h12-13,15H,2-11H2,1H3. The van der Waals surface area contributed by atoms with E-state index in [2.05, 4.69) is 5.32 Å². The summed E-state index contributed by atoms with van der Waals surface area (Å²) in [5.41, 5.74) is 0. The van der Waals surface area contributed by atoms with Gasteiger partial charge < -0.3 is 15.0 Å². The normalized spacial score (nSPS) is 25.9. The number of nitrogens with zero attached hydrogens (tertiary/aromatic N) is 1. The average Bonchev–Trinajstić information content (AvgIpc) is 2.46. The SMILES string of the molecule is CN(CCC1COCCN1)C(=O)C1CCCCC1. The number of ether oxygens (including phenoxy) is 1. The van der Waals surface area contributed by atoms with Crippen LogP contribution in [0, 0.1) is 5.92 Å². The number of amides is 1. The number of rotatable bonds is 4. The van der Waals surface area contributed by atoms with E-state index in [9.17, 15) is 4.79 Å². The van der Waals surface area contributed by atoms with Crippen LogP contribution in [-0.4, -0.2) is 50.2 Å². The molecule has 1 N–H and O–H groups in total. The summed E-state index contributed by atoms with van der Waals surface area (Å²) in [5, 5.41) is 3.43. The molecule has 0 aromatic rings. The Labute approximate surface area is 110 Å². The van der Waals surface area contributed by atoms with E-state index in [1.165, 1.54) is 19.3 Å². The molecule has 1 aliphatic carbocycles. The molecule has 2 fully saturated rings. The molecule has 1 saturated carbocycles. The number of carbonyl (C=O) groups is 1. The quantitative estimate of drug-likeness (QED) is 0.824. The fourth-order valence-corrected chi connectivity index (χ4v) is 2.93. The van der Waals surface area contributed by atoms with Gasteiger partial charge in [-0.05, 0) is 19.3 Å². The van der Waals surface area contributed by atoms with E-state index >= 15 is 0 Å². The highest BCUT2D eigenvalue weighted by Gasteiger charge is 2.24. The van der Waals surface area contributed by atoms with Crippen molar-refractivity contribution < 1.29 is 9.53 Å². The number of carbonyl (C=O) groups excluding carboxylic acids is 1. The van der Waals surface area contributed by atoms with Gasteiger partial charge in [-0.2, -0.15) is 0 Å². The first kappa shape index (κ1) is 13.8. The fourth-order valence-electron chi connectivity index (χ4n) is 2.93. The lowest BCUT2D eigenvalue weighted by Gasteiger charge is -2.29. The molecule has 2 rings (SSSR count). The molecule has 104 valence electrons. The van der Waals surface area contributed by atoms with E-state index in [4.69, 9.17) is 4.74 Å². The van der Waals surface area contributed by atoms with Gasteiger partial charge in [0.15, 0.2) is 0 Å². The highest BCUT2D eigenvalue weighted by atomic mass is 16.5. The Morgan fingerprint density at radius 2 is 2.11 bits per heavy atom. The van der Waals surface area contributed by atoms with Gasteiger partial charge in [0.2, 0.25) is 5.91 Å². The first-order valence-electron chi connectivity index (χ1n) is 7.33. The van der Waals surface area contributed by atoms with Gasteiger partial charge in [-0.1, -0.05) is 19.3 Å². The lowest BCUT2D eigenvalue weighted by molar-refractivity contribution is -0.135. The van der Waals surface area contributed by atoms with Crippen molar-refractivity contribution in [3.63, 3.8) is 0 Å². The number of nitrogens with one attached hydrogen (secondary N) is 1. The van der Waals surface area contributed by atoms with Crippen LogP contribution in [0.15, 0.2) is 0 Å². The largest absolute Gasteiger partial charge is 0.379 e. The maximum absolute atomic E-state index is 12.2. The first-order valence-corrected chi connectivity index (χ1v) is 7.33. The molecule has 4 heteroatoms. The van der Waals surface area contributed by atoms with Crippen molar-refractivity contribution in [1.29, 1.82) is 0 Å². The summed E-state index contributed by atoms with van der Waals surface area (Å²) in [7, 11) is 1.95. The molecule has 0 aromatic heterocycles. The molecule has 1 saturated heterocycles. The predicted octanol–water partition coefficient (Wildman–Crippen LogP) is 1.40. The zero-order valence-electron chi connectivity index (χ0n) is 11.5. The molecular formula is C14H26N2O2. The van der Waals surface area contributed by atoms with Crippen LogP contribution in [0.3, 0.4) is 0 Å². The van der Waals surface area contributed by atoms with Crippen molar-refractivity contribution in [2.24, 2.45) is 5.92 Å². The van der Waals surface area contributed by atoms with Crippen LogP contribution in [0.4, 0.5) is 0 Å². The molecule has 1 unspecified atom stereocenters. The van der Waals surface area contributed by atoms with Gasteiger partial charge in [0, 0.05) is 32.1 Å². The van der Waals surface area contributed by atoms with E-state index in [1.54, 1.807) is 0 Å². The zero-order valence-corrected chi connectivity index (χ0v) is 11.5. The molecular weight excluding hydrogens is 228 g/mol. The smallest absolute Gasteiger partial charge is 0.225 e. The summed E-state index contributed by atoms with van der Waals surface area (Å²) in [6.45, 7) is 3.38. The van der Waals surface area contributed by atoms with Crippen LogP contribution in [0.1, 0.15) is 38.5 Å². The Balaban J connectivity index is 1.69. The van der Waals surface area contributed by atoms with Gasteiger partial charge >= 0.3 is 0 Å². The van der Waals surface area contributed by atoms with Crippen molar-refractivity contribution in [3.05, 3.63) is 0 Å². The number of hydrogen-bond donors (Lipinski definition) is 1.